The Morgan fingerprint density at radius 1 is 1.19 bits per heavy atom. The van der Waals surface area contributed by atoms with E-state index in [-0.39, 0.29) is 24.1 Å². The van der Waals surface area contributed by atoms with Crippen molar-refractivity contribution in [1.82, 2.24) is 14.7 Å². The Morgan fingerprint density at radius 2 is 2.06 bits per heavy atom. The number of amides is 1. The Morgan fingerprint density at radius 3 is 2.87 bits per heavy atom. The lowest BCUT2D eigenvalue weighted by Gasteiger charge is -2.23. The van der Waals surface area contributed by atoms with E-state index in [2.05, 4.69) is 20.6 Å². The predicted molar refractivity (Wildman–Crippen MR) is 116 cm³/mol. The van der Waals surface area contributed by atoms with Gasteiger partial charge in [-0.25, -0.2) is 9.78 Å². The number of aromatic nitrogens is 3. The highest BCUT2D eigenvalue weighted by Gasteiger charge is 2.24. The molecule has 8 nitrogen and oxygen atoms in total. The minimum absolute atomic E-state index is 0.221. The molecule has 4 aromatic heterocycles. The van der Waals surface area contributed by atoms with E-state index < -0.39 is 0 Å². The maximum atomic E-state index is 13.1. The lowest BCUT2D eigenvalue weighted by Crippen LogP contribution is -2.30. The maximum Gasteiger partial charge on any atom is 0.325 e. The summed E-state index contributed by atoms with van der Waals surface area (Å²) in [7, 11) is 0. The summed E-state index contributed by atoms with van der Waals surface area (Å²) in [6.07, 6.45) is 8.88. The van der Waals surface area contributed by atoms with E-state index in [4.69, 9.17) is 4.42 Å². The third-order valence-electron chi connectivity index (χ3n) is 5.77. The first kappa shape index (κ1) is 19.3. The fraction of sp³-hybridized carbons (Fsp3) is 0.304. The molecule has 1 amide bonds. The van der Waals surface area contributed by atoms with Gasteiger partial charge >= 0.3 is 5.56 Å². The molecule has 0 aliphatic heterocycles. The number of fused-ring (bicyclic) bond motifs is 2. The summed E-state index contributed by atoms with van der Waals surface area (Å²) in [6, 6.07) is 10.9. The molecule has 0 bridgehead atoms. The van der Waals surface area contributed by atoms with Gasteiger partial charge in [0.1, 0.15) is 16.7 Å². The molecule has 0 atom stereocenters. The number of H-pyrrole nitrogens is 1. The second-order valence-corrected chi connectivity index (χ2v) is 7.91. The zero-order valence-corrected chi connectivity index (χ0v) is 17.1. The fourth-order valence-electron chi connectivity index (χ4n) is 4.14. The van der Waals surface area contributed by atoms with Crippen molar-refractivity contribution >= 4 is 28.4 Å². The first-order valence-corrected chi connectivity index (χ1v) is 10.6. The molecule has 0 radical (unpaired) electrons. The van der Waals surface area contributed by atoms with Gasteiger partial charge in [-0.05, 0) is 37.1 Å². The van der Waals surface area contributed by atoms with E-state index in [0.29, 0.717) is 33.8 Å². The molecule has 8 heteroatoms. The normalized spacial score (nSPS) is 14.7. The highest BCUT2D eigenvalue weighted by atomic mass is 16.3. The van der Waals surface area contributed by atoms with E-state index in [1.807, 2.05) is 12.1 Å². The summed E-state index contributed by atoms with van der Waals surface area (Å²) in [5.74, 6) is 0.845. The zero-order valence-electron chi connectivity index (χ0n) is 17.1. The highest BCUT2D eigenvalue weighted by molar-refractivity contribution is 6.01. The van der Waals surface area contributed by atoms with E-state index in [1.54, 1.807) is 36.7 Å². The van der Waals surface area contributed by atoms with Crippen molar-refractivity contribution in [3.05, 3.63) is 70.5 Å². The number of hydrogen-bond donors (Lipinski definition) is 2. The fourth-order valence-corrected chi connectivity index (χ4v) is 4.14. The van der Waals surface area contributed by atoms with Crippen molar-refractivity contribution < 1.29 is 14.2 Å². The Balaban J connectivity index is 1.57. The molecular formula is C23H24N5O3+. The number of nitrogens with one attached hydrogen (secondary N) is 3. The standard InChI is InChI=1S/C23H23N5O3/c29-22(24-14-16-9-6-12-31-16)17-13-18-21(26-19-10-4-5-11-28(19)23(18)30)27-20(17)25-15-7-2-1-3-8-15/h4-6,9-13,15H,1-3,7-8,14H2,(H,24,29)(H,25,27)/p+1. The average molecular weight is 418 g/mol. The van der Waals surface area contributed by atoms with Crippen molar-refractivity contribution in [3.63, 3.8) is 0 Å². The van der Waals surface area contributed by atoms with Gasteiger partial charge in [-0.15, -0.1) is 0 Å². The summed E-state index contributed by atoms with van der Waals surface area (Å²) < 4.78 is 6.82. The molecule has 0 unspecified atom stereocenters. The highest BCUT2D eigenvalue weighted by Crippen LogP contribution is 2.24. The Bertz CT molecular complexity index is 1290. The Kier molecular flexibility index (Phi) is 5.11. The van der Waals surface area contributed by atoms with Crippen molar-refractivity contribution in [3.8, 4) is 0 Å². The monoisotopic (exact) mass is 418 g/mol. The van der Waals surface area contributed by atoms with Crippen LogP contribution in [0.4, 0.5) is 5.82 Å². The van der Waals surface area contributed by atoms with Gasteiger partial charge in [-0.3, -0.25) is 4.79 Å². The van der Waals surface area contributed by atoms with Crippen LogP contribution in [0.5, 0.6) is 0 Å². The molecule has 0 saturated heterocycles. The second-order valence-electron chi connectivity index (χ2n) is 7.91. The molecule has 4 heterocycles. The third-order valence-corrected chi connectivity index (χ3v) is 5.77. The number of rotatable bonds is 5. The van der Waals surface area contributed by atoms with E-state index in [0.717, 1.165) is 25.7 Å². The van der Waals surface area contributed by atoms with Crippen LogP contribution >= 0.6 is 0 Å². The van der Waals surface area contributed by atoms with E-state index >= 15 is 0 Å². The lowest BCUT2D eigenvalue weighted by molar-refractivity contribution is -0.319. The van der Waals surface area contributed by atoms with Gasteiger partial charge in [0.05, 0.1) is 19.0 Å². The number of pyridine rings is 2. The van der Waals surface area contributed by atoms with Crippen LogP contribution in [0.1, 0.15) is 48.2 Å². The first-order chi connectivity index (χ1) is 15.2. The third kappa shape index (κ3) is 3.88. The number of nitrogens with zero attached hydrogens (tertiary/aromatic N) is 2. The molecule has 3 N–H and O–H groups in total. The molecule has 1 aliphatic carbocycles. The zero-order chi connectivity index (χ0) is 21.2. The number of carbonyl (C=O) groups is 1. The summed E-state index contributed by atoms with van der Waals surface area (Å²) in [4.78, 5) is 34.0. The second kappa shape index (κ2) is 8.22. The van der Waals surface area contributed by atoms with Gasteiger partial charge in [0.2, 0.25) is 11.5 Å². The number of carbonyl (C=O) groups excluding carboxylic acids is 1. The Hall–Kier alpha value is -3.68. The minimum Gasteiger partial charge on any atom is -0.467 e. The van der Waals surface area contributed by atoms with Crippen molar-refractivity contribution in [2.75, 3.05) is 5.32 Å². The molecule has 0 aromatic carbocycles. The van der Waals surface area contributed by atoms with Crippen molar-refractivity contribution in [2.45, 2.75) is 44.7 Å². The smallest absolute Gasteiger partial charge is 0.325 e. The molecule has 4 aromatic rings. The topological polar surface area (TPSA) is 103 Å². The van der Waals surface area contributed by atoms with Crippen LogP contribution in [0.15, 0.2) is 58.1 Å². The lowest BCUT2D eigenvalue weighted by atomic mass is 9.95. The van der Waals surface area contributed by atoms with Gasteiger partial charge in [-0.1, -0.05) is 30.3 Å². The van der Waals surface area contributed by atoms with Gasteiger partial charge in [0, 0.05) is 12.1 Å². The Labute approximate surface area is 178 Å². The van der Waals surface area contributed by atoms with Crippen LogP contribution in [0.2, 0.25) is 0 Å². The summed E-state index contributed by atoms with van der Waals surface area (Å²) in [5.41, 5.74) is 1.23. The van der Waals surface area contributed by atoms with Gasteiger partial charge in [-0.2, -0.15) is 4.40 Å². The molecule has 5 rings (SSSR count). The molecule has 1 fully saturated rings. The van der Waals surface area contributed by atoms with Crippen molar-refractivity contribution in [2.24, 2.45) is 0 Å². The molecular weight excluding hydrogens is 394 g/mol. The number of anilines is 1. The van der Waals surface area contributed by atoms with Crippen LogP contribution in [0.25, 0.3) is 16.7 Å². The van der Waals surface area contributed by atoms with Crippen molar-refractivity contribution in [1.29, 1.82) is 0 Å². The van der Waals surface area contributed by atoms with Crippen LogP contribution < -0.4 is 21.2 Å². The van der Waals surface area contributed by atoms with E-state index in [1.165, 1.54) is 10.8 Å². The summed E-state index contributed by atoms with van der Waals surface area (Å²) >= 11 is 0. The average Bonchev–Trinajstić information content (AvgIpc) is 3.32. The van der Waals surface area contributed by atoms with Crippen LogP contribution in [-0.4, -0.2) is 21.3 Å². The predicted octanol–water partition coefficient (Wildman–Crippen LogP) is 2.93. The molecule has 1 saturated carbocycles. The number of furan rings is 1. The van der Waals surface area contributed by atoms with Gasteiger partial charge in [0.15, 0.2) is 0 Å². The number of aromatic amines is 1. The quantitative estimate of drug-likeness (QED) is 0.485. The number of hydrogen-bond acceptors (Lipinski definition) is 5. The molecule has 1 aliphatic rings. The molecule has 158 valence electrons. The maximum absolute atomic E-state index is 13.1. The first-order valence-electron chi connectivity index (χ1n) is 10.6. The van der Waals surface area contributed by atoms with Gasteiger partial charge in [0.25, 0.3) is 11.6 Å². The largest absolute Gasteiger partial charge is 0.467 e. The van der Waals surface area contributed by atoms with Crippen LogP contribution in [0.3, 0.4) is 0 Å². The SMILES string of the molecule is O=C(NCc1ccco1)c1cc2c(=O)n3ccccc3[nH+]c2nc1NC1CCCCC1. The molecule has 0 spiro atoms. The molecule has 31 heavy (non-hydrogen) atoms. The van der Waals surface area contributed by atoms with Crippen LogP contribution in [-0.2, 0) is 6.54 Å². The van der Waals surface area contributed by atoms with Gasteiger partial charge < -0.3 is 15.1 Å². The van der Waals surface area contributed by atoms with Crippen LogP contribution in [0, 0.1) is 0 Å². The minimum atomic E-state index is -0.304. The van der Waals surface area contributed by atoms with E-state index in [9.17, 15) is 9.59 Å². The summed E-state index contributed by atoms with van der Waals surface area (Å²) in [6.45, 7) is 0.259. The summed E-state index contributed by atoms with van der Waals surface area (Å²) in [5, 5.41) is 6.69.